The largest absolute Gasteiger partial charge is 0.273 e. The highest BCUT2D eigenvalue weighted by molar-refractivity contribution is 7.99. The molecule has 0 unspecified atom stereocenters. The lowest BCUT2D eigenvalue weighted by molar-refractivity contribution is -0.120. The van der Waals surface area contributed by atoms with E-state index in [1.165, 1.54) is 4.90 Å². The first-order valence-corrected chi connectivity index (χ1v) is 6.14. The van der Waals surface area contributed by atoms with Gasteiger partial charge in [0.25, 0.3) is 0 Å². The lowest BCUT2D eigenvalue weighted by Crippen LogP contribution is -2.18. The standard InChI is InChI=1S/C12H16N2OS/c1-10(2)13-14-12(15)8-9-16-11-6-4-3-5-7-11/h3-7H,8-9H2,1-2H3,(H,14,15). The highest BCUT2D eigenvalue weighted by Gasteiger charge is 2.00. The van der Waals surface area contributed by atoms with Crippen LogP contribution in [0, 0.1) is 0 Å². The van der Waals surface area contributed by atoms with Crippen molar-refractivity contribution in [3.8, 4) is 0 Å². The summed E-state index contributed by atoms with van der Waals surface area (Å²) in [5, 5.41) is 3.86. The third-order valence-corrected chi connectivity index (χ3v) is 2.76. The maximum Gasteiger partial charge on any atom is 0.240 e. The molecule has 0 aliphatic carbocycles. The van der Waals surface area contributed by atoms with Gasteiger partial charge in [-0.2, -0.15) is 5.10 Å². The summed E-state index contributed by atoms with van der Waals surface area (Å²) in [6.07, 6.45) is 0.482. The van der Waals surface area contributed by atoms with Crippen LogP contribution in [0.25, 0.3) is 0 Å². The van der Waals surface area contributed by atoms with E-state index >= 15 is 0 Å². The van der Waals surface area contributed by atoms with Crippen LogP contribution in [0.2, 0.25) is 0 Å². The first-order valence-electron chi connectivity index (χ1n) is 5.16. The van der Waals surface area contributed by atoms with E-state index in [-0.39, 0.29) is 5.91 Å². The molecule has 4 heteroatoms. The van der Waals surface area contributed by atoms with Crippen LogP contribution in [-0.2, 0) is 4.79 Å². The van der Waals surface area contributed by atoms with Gasteiger partial charge in [0.15, 0.2) is 0 Å². The summed E-state index contributed by atoms with van der Waals surface area (Å²) in [7, 11) is 0. The highest BCUT2D eigenvalue weighted by Crippen LogP contribution is 2.17. The minimum absolute atomic E-state index is 0.0374. The Balaban J connectivity index is 2.21. The zero-order valence-electron chi connectivity index (χ0n) is 9.56. The van der Waals surface area contributed by atoms with Crippen molar-refractivity contribution in [2.75, 3.05) is 5.75 Å². The number of nitrogens with one attached hydrogen (secondary N) is 1. The number of amides is 1. The van der Waals surface area contributed by atoms with Crippen LogP contribution in [0.15, 0.2) is 40.3 Å². The molecular weight excluding hydrogens is 220 g/mol. The summed E-state index contributed by atoms with van der Waals surface area (Å²) in [6.45, 7) is 3.69. The number of hydrazone groups is 1. The molecule has 0 saturated carbocycles. The fraction of sp³-hybridized carbons (Fsp3) is 0.333. The first-order chi connectivity index (χ1) is 7.68. The van der Waals surface area contributed by atoms with E-state index < -0.39 is 0 Å². The number of carbonyl (C=O) groups excluding carboxylic acids is 1. The van der Waals surface area contributed by atoms with Gasteiger partial charge in [0.2, 0.25) is 5.91 Å². The number of rotatable bonds is 5. The molecule has 86 valence electrons. The van der Waals surface area contributed by atoms with E-state index in [4.69, 9.17) is 0 Å². The summed E-state index contributed by atoms with van der Waals surface area (Å²) < 4.78 is 0. The van der Waals surface area contributed by atoms with Gasteiger partial charge in [-0.3, -0.25) is 4.79 Å². The second kappa shape index (κ2) is 7.06. The molecule has 0 heterocycles. The fourth-order valence-corrected chi connectivity index (χ4v) is 1.88. The van der Waals surface area contributed by atoms with E-state index in [9.17, 15) is 4.79 Å². The second-order valence-electron chi connectivity index (χ2n) is 3.51. The molecule has 16 heavy (non-hydrogen) atoms. The molecule has 1 rings (SSSR count). The van der Waals surface area contributed by atoms with E-state index in [0.717, 1.165) is 11.5 Å². The SMILES string of the molecule is CC(C)=NNC(=O)CCSc1ccccc1. The number of thioether (sulfide) groups is 1. The van der Waals surface area contributed by atoms with Gasteiger partial charge in [-0.15, -0.1) is 11.8 Å². The maximum atomic E-state index is 11.3. The van der Waals surface area contributed by atoms with Crippen LogP contribution in [0.4, 0.5) is 0 Å². The van der Waals surface area contributed by atoms with Crippen LogP contribution in [-0.4, -0.2) is 17.4 Å². The predicted molar refractivity (Wildman–Crippen MR) is 68.7 cm³/mol. The lowest BCUT2D eigenvalue weighted by atomic mass is 10.4. The van der Waals surface area contributed by atoms with Gasteiger partial charge in [-0.1, -0.05) is 18.2 Å². The Labute approximate surface area is 100 Å². The van der Waals surface area contributed by atoms with Crippen molar-refractivity contribution in [2.45, 2.75) is 25.2 Å². The van der Waals surface area contributed by atoms with Gasteiger partial charge in [0.1, 0.15) is 0 Å². The minimum atomic E-state index is -0.0374. The van der Waals surface area contributed by atoms with Gasteiger partial charge in [-0.25, -0.2) is 5.43 Å². The van der Waals surface area contributed by atoms with Crippen LogP contribution in [0.3, 0.4) is 0 Å². The van der Waals surface area contributed by atoms with Crippen molar-refractivity contribution in [2.24, 2.45) is 5.10 Å². The van der Waals surface area contributed by atoms with E-state index in [0.29, 0.717) is 6.42 Å². The number of benzene rings is 1. The molecule has 3 nitrogen and oxygen atoms in total. The lowest BCUT2D eigenvalue weighted by Gasteiger charge is -2.01. The number of nitrogens with zero attached hydrogens (tertiary/aromatic N) is 1. The Morgan fingerprint density at radius 3 is 2.62 bits per heavy atom. The summed E-state index contributed by atoms with van der Waals surface area (Å²) in [5.41, 5.74) is 3.36. The van der Waals surface area contributed by atoms with Gasteiger partial charge >= 0.3 is 0 Å². The Morgan fingerprint density at radius 2 is 2.00 bits per heavy atom. The zero-order chi connectivity index (χ0) is 11.8. The normalized spacial score (nSPS) is 9.62. The number of carbonyl (C=O) groups is 1. The average molecular weight is 236 g/mol. The molecule has 1 N–H and O–H groups in total. The van der Waals surface area contributed by atoms with Gasteiger partial charge in [0, 0.05) is 22.8 Å². The van der Waals surface area contributed by atoms with Crippen LogP contribution in [0.1, 0.15) is 20.3 Å². The third kappa shape index (κ3) is 5.56. The van der Waals surface area contributed by atoms with Crippen molar-refractivity contribution in [1.29, 1.82) is 0 Å². The van der Waals surface area contributed by atoms with Crippen LogP contribution < -0.4 is 5.43 Å². The molecule has 0 bridgehead atoms. The Hall–Kier alpha value is -1.29. The first kappa shape index (κ1) is 12.8. The maximum absolute atomic E-state index is 11.3. The van der Waals surface area contributed by atoms with Crippen molar-refractivity contribution in [3.63, 3.8) is 0 Å². The predicted octanol–water partition coefficient (Wildman–Crippen LogP) is 2.68. The third-order valence-electron chi connectivity index (χ3n) is 1.75. The van der Waals surface area contributed by atoms with Crippen molar-refractivity contribution in [1.82, 2.24) is 5.43 Å². The van der Waals surface area contributed by atoms with Gasteiger partial charge in [0.05, 0.1) is 0 Å². The Bertz CT molecular complexity index is 359. The zero-order valence-corrected chi connectivity index (χ0v) is 10.4. The topological polar surface area (TPSA) is 41.5 Å². The minimum Gasteiger partial charge on any atom is -0.273 e. The number of hydrogen-bond donors (Lipinski definition) is 1. The van der Waals surface area contributed by atoms with Crippen molar-refractivity contribution in [3.05, 3.63) is 30.3 Å². The highest BCUT2D eigenvalue weighted by atomic mass is 32.2. The molecule has 0 spiro atoms. The van der Waals surface area contributed by atoms with E-state index in [1.807, 2.05) is 44.2 Å². The summed E-state index contributed by atoms with van der Waals surface area (Å²) in [4.78, 5) is 12.5. The van der Waals surface area contributed by atoms with Crippen molar-refractivity contribution >= 4 is 23.4 Å². The summed E-state index contributed by atoms with van der Waals surface area (Å²) >= 11 is 1.67. The molecule has 0 aromatic heterocycles. The monoisotopic (exact) mass is 236 g/mol. The van der Waals surface area contributed by atoms with Crippen LogP contribution >= 0.6 is 11.8 Å². The van der Waals surface area contributed by atoms with E-state index in [1.54, 1.807) is 11.8 Å². The Morgan fingerprint density at radius 1 is 1.31 bits per heavy atom. The smallest absolute Gasteiger partial charge is 0.240 e. The number of hydrogen-bond acceptors (Lipinski definition) is 3. The molecular formula is C12H16N2OS. The van der Waals surface area contributed by atoms with Crippen LogP contribution in [0.5, 0.6) is 0 Å². The molecule has 0 saturated heterocycles. The molecule has 0 radical (unpaired) electrons. The molecule has 1 aromatic carbocycles. The molecule has 1 aromatic rings. The molecule has 0 atom stereocenters. The molecule has 0 aliphatic heterocycles. The summed E-state index contributed by atoms with van der Waals surface area (Å²) in [5.74, 6) is 0.735. The van der Waals surface area contributed by atoms with Crippen molar-refractivity contribution < 1.29 is 4.79 Å². The van der Waals surface area contributed by atoms with Gasteiger partial charge < -0.3 is 0 Å². The average Bonchev–Trinajstić information content (AvgIpc) is 2.28. The molecule has 0 fully saturated rings. The summed E-state index contributed by atoms with van der Waals surface area (Å²) in [6, 6.07) is 10.0. The Kier molecular flexibility index (Phi) is 5.64. The quantitative estimate of drug-likeness (QED) is 0.485. The second-order valence-corrected chi connectivity index (χ2v) is 4.67. The van der Waals surface area contributed by atoms with Gasteiger partial charge in [-0.05, 0) is 26.0 Å². The fourth-order valence-electron chi connectivity index (χ4n) is 1.01. The van der Waals surface area contributed by atoms with E-state index in [2.05, 4.69) is 10.5 Å². The molecule has 0 aliphatic rings. The molecule has 1 amide bonds.